The van der Waals surface area contributed by atoms with Gasteiger partial charge in [0.25, 0.3) is 5.91 Å². The second kappa shape index (κ2) is 9.35. The van der Waals surface area contributed by atoms with E-state index in [-0.39, 0.29) is 23.9 Å². The first-order valence-electron chi connectivity index (χ1n) is 11.7. The third kappa shape index (κ3) is 4.74. The lowest BCUT2D eigenvalue weighted by atomic mass is 9.88. The first-order chi connectivity index (χ1) is 17.6. The summed E-state index contributed by atoms with van der Waals surface area (Å²) >= 11 is 0. The minimum absolute atomic E-state index is 0.0274. The molecule has 1 aromatic heterocycles. The summed E-state index contributed by atoms with van der Waals surface area (Å²) in [5.41, 5.74) is 8.57. The fourth-order valence-corrected chi connectivity index (χ4v) is 6.42. The number of sulfonamides is 1. The minimum atomic E-state index is -4.53. The van der Waals surface area contributed by atoms with E-state index in [9.17, 15) is 26.4 Å². The Kier molecular flexibility index (Phi) is 6.33. The topological polar surface area (TPSA) is 96.3 Å². The molecule has 0 unspecified atom stereocenters. The number of H-pyrrole nitrogens is 1. The molecule has 3 aromatic carbocycles. The molecule has 37 heavy (non-hydrogen) atoms. The van der Waals surface area contributed by atoms with Crippen LogP contribution in [0.4, 0.5) is 13.2 Å². The van der Waals surface area contributed by atoms with Gasteiger partial charge < -0.3 is 10.7 Å². The van der Waals surface area contributed by atoms with Gasteiger partial charge in [0.05, 0.1) is 21.5 Å². The van der Waals surface area contributed by atoms with Gasteiger partial charge in [-0.3, -0.25) is 4.79 Å². The fraction of sp³-hybridized carbons (Fsp3) is 0.222. The maximum atomic E-state index is 13.1. The SMILES string of the molecule is NC(=O)c1cc(-c2ccccc2)cc2c(C3CCN(S(=O)(=O)c4ccc(C(F)(F)F)cc4)CC3)c[nH]c12. The predicted molar refractivity (Wildman–Crippen MR) is 134 cm³/mol. The summed E-state index contributed by atoms with van der Waals surface area (Å²) in [5.74, 6) is -0.520. The number of fused-ring (bicyclic) bond motifs is 1. The second-order valence-corrected chi connectivity index (χ2v) is 11.1. The standard InChI is InChI=1S/C27H24F3N3O3S/c28-27(29,30)20-6-8-21(9-7-20)37(35,36)33-12-10-18(11-13-33)24-16-32-25-22(24)14-19(15-23(25)26(31)34)17-4-2-1-3-5-17/h1-9,14-16,18,32H,10-13H2,(H2,31,34). The van der Waals surface area contributed by atoms with Gasteiger partial charge >= 0.3 is 6.18 Å². The summed E-state index contributed by atoms with van der Waals surface area (Å²) in [6.45, 7) is 0.448. The number of hydrogen-bond acceptors (Lipinski definition) is 3. The van der Waals surface area contributed by atoms with Gasteiger partial charge in [0.15, 0.2) is 0 Å². The van der Waals surface area contributed by atoms with E-state index < -0.39 is 27.7 Å². The van der Waals surface area contributed by atoms with Crippen molar-refractivity contribution in [1.82, 2.24) is 9.29 Å². The zero-order chi connectivity index (χ0) is 26.4. The molecule has 1 fully saturated rings. The Labute approximate surface area is 212 Å². The van der Waals surface area contributed by atoms with Crippen LogP contribution in [0.25, 0.3) is 22.0 Å². The third-order valence-electron chi connectivity index (χ3n) is 6.91. The predicted octanol–water partition coefficient (Wildman–Crippen LogP) is 5.52. The van der Waals surface area contributed by atoms with Crippen LogP contribution in [0.1, 0.15) is 40.2 Å². The summed E-state index contributed by atoms with van der Waals surface area (Å²) < 4.78 is 66.0. The lowest BCUT2D eigenvalue weighted by Crippen LogP contribution is -2.37. The zero-order valence-corrected chi connectivity index (χ0v) is 20.4. The molecule has 0 radical (unpaired) electrons. The van der Waals surface area contributed by atoms with Gasteiger partial charge in [-0.05, 0) is 71.8 Å². The molecule has 1 amide bonds. The molecule has 6 nitrogen and oxygen atoms in total. The monoisotopic (exact) mass is 527 g/mol. The van der Waals surface area contributed by atoms with Crippen LogP contribution >= 0.6 is 0 Å². The van der Waals surface area contributed by atoms with Crippen molar-refractivity contribution >= 4 is 26.8 Å². The van der Waals surface area contributed by atoms with Gasteiger partial charge in [0.1, 0.15) is 0 Å². The Bertz CT molecular complexity index is 1560. The molecule has 192 valence electrons. The number of nitrogens with zero attached hydrogens (tertiary/aromatic N) is 1. The maximum absolute atomic E-state index is 13.1. The molecule has 0 aliphatic carbocycles. The number of alkyl halides is 3. The highest BCUT2D eigenvalue weighted by atomic mass is 32.2. The number of carbonyl (C=O) groups excluding carboxylic acids is 1. The van der Waals surface area contributed by atoms with E-state index in [0.717, 1.165) is 46.3 Å². The van der Waals surface area contributed by atoms with Crippen LogP contribution in [0.2, 0.25) is 0 Å². The van der Waals surface area contributed by atoms with Crippen LogP contribution < -0.4 is 5.73 Å². The van der Waals surface area contributed by atoms with Crippen LogP contribution in [0.3, 0.4) is 0 Å². The van der Waals surface area contributed by atoms with E-state index >= 15 is 0 Å². The number of primary amides is 1. The Morgan fingerprint density at radius 3 is 2.19 bits per heavy atom. The average molecular weight is 528 g/mol. The van der Waals surface area contributed by atoms with Crippen LogP contribution in [-0.4, -0.2) is 36.7 Å². The Hall–Kier alpha value is -3.63. The molecule has 5 rings (SSSR count). The van der Waals surface area contributed by atoms with Gasteiger partial charge in [0, 0.05) is 24.7 Å². The third-order valence-corrected chi connectivity index (χ3v) is 8.82. The summed E-state index contributed by atoms with van der Waals surface area (Å²) in [7, 11) is -3.92. The Morgan fingerprint density at radius 1 is 0.946 bits per heavy atom. The van der Waals surface area contributed by atoms with Crippen molar-refractivity contribution in [3.8, 4) is 11.1 Å². The molecule has 1 aliphatic heterocycles. The highest BCUT2D eigenvalue weighted by molar-refractivity contribution is 7.89. The van der Waals surface area contributed by atoms with Crippen LogP contribution in [-0.2, 0) is 16.2 Å². The van der Waals surface area contributed by atoms with E-state index in [2.05, 4.69) is 4.98 Å². The molecule has 10 heteroatoms. The molecule has 0 bridgehead atoms. The Balaban J connectivity index is 1.40. The first kappa shape index (κ1) is 25.0. The number of aromatic nitrogens is 1. The van der Waals surface area contributed by atoms with E-state index in [4.69, 9.17) is 5.73 Å². The smallest absolute Gasteiger partial charge is 0.366 e. The summed E-state index contributed by atoms with van der Waals surface area (Å²) in [5, 5.41) is 0.860. The Morgan fingerprint density at radius 2 is 1.59 bits per heavy atom. The van der Waals surface area contributed by atoms with Crippen LogP contribution in [0.5, 0.6) is 0 Å². The number of halogens is 3. The van der Waals surface area contributed by atoms with Crippen molar-refractivity contribution in [1.29, 1.82) is 0 Å². The number of carbonyl (C=O) groups is 1. The molecule has 1 saturated heterocycles. The van der Waals surface area contributed by atoms with E-state index in [1.807, 2.05) is 42.6 Å². The highest BCUT2D eigenvalue weighted by Gasteiger charge is 2.33. The molecule has 1 aliphatic rings. The molecule has 4 aromatic rings. The molecular weight excluding hydrogens is 503 g/mol. The van der Waals surface area contributed by atoms with E-state index in [1.165, 1.54) is 4.31 Å². The summed E-state index contributed by atoms with van der Waals surface area (Å²) in [6.07, 6.45) is -1.64. The van der Waals surface area contributed by atoms with Gasteiger partial charge in [-0.2, -0.15) is 17.5 Å². The van der Waals surface area contributed by atoms with Gasteiger partial charge in [-0.25, -0.2) is 8.42 Å². The number of piperidine rings is 1. The van der Waals surface area contributed by atoms with Crippen molar-refractivity contribution in [2.24, 2.45) is 5.73 Å². The summed E-state index contributed by atoms with van der Waals surface area (Å²) in [6, 6.07) is 17.0. The van der Waals surface area contributed by atoms with Crippen molar-refractivity contribution < 1.29 is 26.4 Å². The van der Waals surface area contributed by atoms with Crippen LogP contribution in [0.15, 0.2) is 77.8 Å². The second-order valence-electron chi connectivity index (χ2n) is 9.12. The van der Waals surface area contributed by atoms with Crippen molar-refractivity contribution in [3.05, 3.63) is 89.6 Å². The van der Waals surface area contributed by atoms with Crippen molar-refractivity contribution in [2.75, 3.05) is 13.1 Å². The first-order valence-corrected chi connectivity index (χ1v) is 13.2. The number of benzene rings is 3. The number of hydrogen-bond donors (Lipinski definition) is 2. The highest BCUT2D eigenvalue weighted by Crippen LogP contribution is 2.38. The molecule has 0 saturated carbocycles. The molecule has 0 spiro atoms. The van der Waals surface area contributed by atoms with Crippen molar-refractivity contribution in [3.63, 3.8) is 0 Å². The van der Waals surface area contributed by atoms with Gasteiger partial charge in [0.2, 0.25) is 10.0 Å². The largest absolute Gasteiger partial charge is 0.416 e. The van der Waals surface area contributed by atoms with E-state index in [1.54, 1.807) is 6.07 Å². The number of nitrogens with one attached hydrogen (secondary N) is 1. The molecule has 3 N–H and O–H groups in total. The molecule has 2 heterocycles. The fourth-order valence-electron chi connectivity index (χ4n) is 4.95. The molecular formula is C27H24F3N3O3S. The number of nitrogens with two attached hydrogens (primary N) is 1. The van der Waals surface area contributed by atoms with Crippen molar-refractivity contribution in [2.45, 2.75) is 29.8 Å². The van der Waals surface area contributed by atoms with Crippen LogP contribution in [0, 0.1) is 0 Å². The minimum Gasteiger partial charge on any atom is -0.366 e. The van der Waals surface area contributed by atoms with E-state index in [0.29, 0.717) is 23.9 Å². The van der Waals surface area contributed by atoms with Gasteiger partial charge in [-0.1, -0.05) is 30.3 Å². The maximum Gasteiger partial charge on any atom is 0.416 e. The summed E-state index contributed by atoms with van der Waals surface area (Å²) in [4.78, 5) is 15.2. The normalized spacial score (nSPS) is 15.8. The zero-order valence-electron chi connectivity index (χ0n) is 19.6. The molecule has 0 atom stereocenters. The average Bonchev–Trinajstić information content (AvgIpc) is 3.32. The lowest BCUT2D eigenvalue weighted by molar-refractivity contribution is -0.137. The number of aromatic amines is 1. The van der Waals surface area contributed by atoms with Gasteiger partial charge in [-0.15, -0.1) is 0 Å². The quantitative estimate of drug-likeness (QED) is 0.358. The number of rotatable bonds is 5. The number of amides is 1. The lowest BCUT2D eigenvalue weighted by Gasteiger charge is -2.31.